The molecule has 0 fully saturated rings. The van der Waals surface area contributed by atoms with E-state index in [2.05, 4.69) is 44.9 Å². The van der Waals surface area contributed by atoms with Crippen LogP contribution in [-0.2, 0) is 10.2 Å². The van der Waals surface area contributed by atoms with Gasteiger partial charge in [-0.1, -0.05) is 19.9 Å². The molecule has 0 bridgehead atoms. The lowest BCUT2D eigenvalue weighted by Gasteiger charge is -2.28. The lowest BCUT2D eigenvalue weighted by atomic mass is 9.80. The van der Waals surface area contributed by atoms with Crippen molar-refractivity contribution in [2.24, 2.45) is 0 Å². The number of nitrogens with zero attached hydrogens (tertiary/aromatic N) is 1. The SMILES string of the molecule is CC(=CC(=O)O)c1ccc2c(c1)C(C)(C)C(C)N2C. The fourth-order valence-electron chi connectivity index (χ4n) is 2.79. The summed E-state index contributed by atoms with van der Waals surface area (Å²) in [5, 5.41) is 8.84. The predicted octanol–water partition coefficient (Wildman–Crippen LogP) is 3.29. The van der Waals surface area contributed by atoms with E-state index in [1.807, 2.05) is 13.0 Å². The van der Waals surface area contributed by atoms with Crippen molar-refractivity contribution in [3.63, 3.8) is 0 Å². The molecular formula is C16H21NO2. The van der Waals surface area contributed by atoms with Crippen molar-refractivity contribution in [1.82, 2.24) is 0 Å². The molecule has 0 aromatic heterocycles. The molecule has 1 N–H and O–H groups in total. The van der Waals surface area contributed by atoms with Crippen molar-refractivity contribution in [2.75, 3.05) is 11.9 Å². The Hall–Kier alpha value is -1.77. The molecule has 0 aliphatic carbocycles. The van der Waals surface area contributed by atoms with E-state index in [4.69, 9.17) is 5.11 Å². The van der Waals surface area contributed by atoms with E-state index in [0.29, 0.717) is 6.04 Å². The molecule has 3 nitrogen and oxygen atoms in total. The van der Waals surface area contributed by atoms with E-state index >= 15 is 0 Å². The maximum Gasteiger partial charge on any atom is 0.328 e. The molecule has 19 heavy (non-hydrogen) atoms. The second-order valence-corrected chi connectivity index (χ2v) is 5.91. The van der Waals surface area contributed by atoms with Crippen molar-refractivity contribution in [2.45, 2.75) is 39.2 Å². The van der Waals surface area contributed by atoms with Crippen molar-refractivity contribution in [3.05, 3.63) is 35.4 Å². The van der Waals surface area contributed by atoms with Gasteiger partial charge in [0.1, 0.15) is 0 Å². The Labute approximate surface area is 114 Å². The number of likely N-dealkylation sites (N-methyl/N-ethyl adjacent to an activating group) is 1. The highest BCUT2D eigenvalue weighted by Crippen LogP contribution is 2.44. The van der Waals surface area contributed by atoms with Gasteiger partial charge < -0.3 is 10.0 Å². The first-order valence-electron chi connectivity index (χ1n) is 6.54. The lowest BCUT2D eigenvalue weighted by molar-refractivity contribution is -0.131. The van der Waals surface area contributed by atoms with Crippen LogP contribution in [0.4, 0.5) is 5.69 Å². The molecule has 0 saturated carbocycles. The third-order valence-corrected chi connectivity index (χ3v) is 4.49. The third-order valence-electron chi connectivity index (χ3n) is 4.49. The quantitative estimate of drug-likeness (QED) is 0.828. The van der Waals surface area contributed by atoms with Gasteiger partial charge in [-0.05, 0) is 42.7 Å². The van der Waals surface area contributed by atoms with Crippen LogP contribution in [0.3, 0.4) is 0 Å². The molecule has 3 heteroatoms. The Kier molecular flexibility index (Phi) is 3.17. The number of carbonyl (C=O) groups is 1. The summed E-state index contributed by atoms with van der Waals surface area (Å²) in [5.41, 5.74) is 4.37. The molecule has 1 aromatic rings. The Bertz CT molecular complexity index is 558. The number of fused-ring (bicyclic) bond motifs is 1. The summed E-state index contributed by atoms with van der Waals surface area (Å²) in [5.74, 6) is -0.900. The minimum absolute atomic E-state index is 0.0730. The Morgan fingerprint density at radius 2 is 2.05 bits per heavy atom. The van der Waals surface area contributed by atoms with Crippen molar-refractivity contribution in [1.29, 1.82) is 0 Å². The van der Waals surface area contributed by atoms with Gasteiger partial charge in [-0.25, -0.2) is 4.79 Å². The Morgan fingerprint density at radius 3 is 2.63 bits per heavy atom. The van der Waals surface area contributed by atoms with E-state index < -0.39 is 5.97 Å². The largest absolute Gasteiger partial charge is 0.478 e. The summed E-state index contributed by atoms with van der Waals surface area (Å²) in [7, 11) is 2.11. The summed E-state index contributed by atoms with van der Waals surface area (Å²) in [6.07, 6.45) is 1.26. The highest BCUT2D eigenvalue weighted by Gasteiger charge is 2.40. The van der Waals surface area contributed by atoms with Crippen LogP contribution in [0.5, 0.6) is 0 Å². The number of carboxylic acid groups (broad SMARTS) is 1. The van der Waals surface area contributed by atoms with E-state index in [1.165, 1.54) is 17.3 Å². The first-order chi connectivity index (χ1) is 8.75. The van der Waals surface area contributed by atoms with Crippen molar-refractivity contribution >= 4 is 17.2 Å². The molecule has 1 unspecified atom stereocenters. The summed E-state index contributed by atoms with van der Waals surface area (Å²) in [6.45, 7) is 8.53. The average molecular weight is 259 g/mol. The summed E-state index contributed by atoms with van der Waals surface area (Å²) >= 11 is 0. The van der Waals surface area contributed by atoms with Gasteiger partial charge in [0.05, 0.1) is 0 Å². The van der Waals surface area contributed by atoms with Crippen LogP contribution in [0.2, 0.25) is 0 Å². The van der Waals surface area contributed by atoms with Gasteiger partial charge >= 0.3 is 5.97 Å². The van der Waals surface area contributed by atoms with Crippen LogP contribution in [0.25, 0.3) is 5.57 Å². The molecule has 1 aliphatic rings. The van der Waals surface area contributed by atoms with Crippen LogP contribution < -0.4 is 4.90 Å². The summed E-state index contributed by atoms with van der Waals surface area (Å²) in [4.78, 5) is 13.1. The predicted molar refractivity (Wildman–Crippen MR) is 78.6 cm³/mol. The number of aliphatic carboxylic acids is 1. The molecule has 1 aliphatic heterocycles. The van der Waals surface area contributed by atoms with Crippen LogP contribution in [0.1, 0.15) is 38.8 Å². The number of hydrogen-bond donors (Lipinski definition) is 1. The Balaban J connectivity index is 2.52. The van der Waals surface area contributed by atoms with Crippen LogP contribution in [0, 0.1) is 0 Å². The highest BCUT2D eigenvalue weighted by atomic mass is 16.4. The number of anilines is 1. The molecule has 2 rings (SSSR count). The second kappa shape index (κ2) is 4.41. The second-order valence-electron chi connectivity index (χ2n) is 5.91. The fraction of sp³-hybridized carbons (Fsp3) is 0.438. The molecule has 1 aromatic carbocycles. The van der Waals surface area contributed by atoms with Crippen LogP contribution in [-0.4, -0.2) is 24.2 Å². The zero-order valence-electron chi connectivity index (χ0n) is 12.2. The van der Waals surface area contributed by atoms with E-state index in [9.17, 15) is 4.79 Å². The standard InChI is InChI=1S/C16H21NO2/c1-10(8-15(18)19)12-6-7-14-13(9-12)16(3,4)11(2)17(14)5/h6-9,11H,1-5H3,(H,18,19). The van der Waals surface area contributed by atoms with Gasteiger partial charge in [0.15, 0.2) is 0 Å². The molecule has 1 atom stereocenters. The van der Waals surface area contributed by atoms with E-state index in [1.54, 1.807) is 0 Å². The molecular weight excluding hydrogens is 238 g/mol. The molecule has 0 saturated heterocycles. The topological polar surface area (TPSA) is 40.5 Å². The van der Waals surface area contributed by atoms with E-state index in [-0.39, 0.29) is 5.41 Å². The molecule has 0 radical (unpaired) electrons. The molecule has 0 amide bonds. The molecule has 1 heterocycles. The van der Waals surface area contributed by atoms with Gasteiger partial charge in [-0.2, -0.15) is 0 Å². The third kappa shape index (κ3) is 2.14. The van der Waals surface area contributed by atoms with Crippen molar-refractivity contribution < 1.29 is 9.90 Å². The summed E-state index contributed by atoms with van der Waals surface area (Å²) < 4.78 is 0. The normalized spacial score (nSPS) is 21.4. The maximum absolute atomic E-state index is 10.8. The molecule has 102 valence electrons. The van der Waals surface area contributed by atoms with Gasteiger partial charge in [0.2, 0.25) is 0 Å². The zero-order chi connectivity index (χ0) is 14.4. The van der Waals surface area contributed by atoms with E-state index in [0.717, 1.165) is 11.1 Å². The van der Waals surface area contributed by atoms with Crippen molar-refractivity contribution in [3.8, 4) is 0 Å². The van der Waals surface area contributed by atoms with Gasteiger partial charge in [0, 0.05) is 30.3 Å². The smallest absolute Gasteiger partial charge is 0.328 e. The minimum atomic E-state index is -0.900. The number of carboxylic acids is 1. The van der Waals surface area contributed by atoms with Crippen LogP contribution >= 0.6 is 0 Å². The highest BCUT2D eigenvalue weighted by molar-refractivity contribution is 5.89. The first-order valence-corrected chi connectivity index (χ1v) is 6.54. The zero-order valence-corrected chi connectivity index (χ0v) is 12.2. The number of allylic oxidation sites excluding steroid dienone is 1. The van der Waals surface area contributed by atoms with Gasteiger partial charge in [-0.3, -0.25) is 0 Å². The average Bonchev–Trinajstić information content (AvgIpc) is 2.50. The van der Waals surface area contributed by atoms with Crippen LogP contribution in [0.15, 0.2) is 24.3 Å². The minimum Gasteiger partial charge on any atom is -0.478 e. The Morgan fingerprint density at radius 1 is 1.42 bits per heavy atom. The van der Waals surface area contributed by atoms with Gasteiger partial charge in [0.25, 0.3) is 0 Å². The number of rotatable bonds is 2. The lowest BCUT2D eigenvalue weighted by Crippen LogP contribution is -2.36. The molecule has 0 spiro atoms. The number of hydrogen-bond acceptors (Lipinski definition) is 2. The fourth-order valence-corrected chi connectivity index (χ4v) is 2.79. The maximum atomic E-state index is 10.8. The monoisotopic (exact) mass is 259 g/mol. The summed E-state index contributed by atoms with van der Waals surface area (Å²) in [6, 6.07) is 6.65. The first kappa shape index (κ1) is 13.7. The number of benzene rings is 1. The van der Waals surface area contributed by atoms with Gasteiger partial charge in [-0.15, -0.1) is 0 Å².